The molecule has 1 unspecified atom stereocenters. The van der Waals surface area contributed by atoms with Gasteiger partial charge in [-0.3, -0.25) is 10.1 Å². The van der Waals surface area contributed by atoms with Gasteiger partial charge in [0.25, 0.3) is 5.91 Å². The Morgan fingerprint density at radius 1 is 0.822 bits per heavy atom. The van der Waals surface area contributed by atoms with Crippen LogP contribution in [-0.2, 0) is 14.9 Å². The highest BCUT2D eigenvalue weighted by Gasteiger charge is 2.28. The normalized spacial score (nSPS) is 14.9. The van der Waals surface area contributed by atoms with E-state index in [-0.39, 0.29) is 23.2 Å². The Bertz CT molecular complexity index is 1720. The summed E-state index contributed by atoms with van der Waals surface area (Å²) in [5.41, 5.74) is 3.39. The molecule has 0 aliphatic carbocycles. The van der Waals surface area contributed by atoms with Crippen LogP contribution in [0.15, 0.2) is 78.9 Å². The minimum absolute atomic E-state index is 0.0965. The van der Waals surface area contributed by atoms with Crippen LogP contribution in [0, 0.1) is 0 Å². The molecule has 234 valence electrons. The molecule has 10 heteroatoms. The van der Waals surface area contributed by atoms with Crippen molar-refractivity contribution in [3.05, 3.63) is 95.6 Å². The van der Waals surface area contributed by atoms with Gasteiger partial charge in [0.2, 0.25) is 0 Å². The number of hydrogen-bond acceptors (Lipinski definition) is 6. The third-order valence-electron chi connectivity index (χ3n) is 7.76. The van der Waals surface area contributed by atoms with Crippen LogP contribution < -0.4 is 20.7 Å². The van der Waals surface area contributed by atoms with Crippen LogP contribution in [0.2, 0.25) is 0 Å². The molecule has 0 bridgehead atoms. The maximum atomic E-state index is 13.8. The molecule has 1 saturated heterocycles. The highest BCUT2D eigenvalue weighted by Crippen LogP contribution is 2.39. The molecule has 0 radical (unpaired) electrons. The zero-order valence-electron chi connectivity index (χ0n) is 26.1. The molecule has 1 heterocycles. The monoisotopic (exact) mass is 610 g/mol. The van der Waals surface area contributed by atoms with Gasteiger partial charge in [0.1, 0.15) is 6.10 Å². The summed E-state index contributed by atoms with van der Waals surface area (Å²) >= 11 is 0. The van der Waals surface area contributed by atoms with Crippen molar-refractivity contribution in [1.82, 2.24) is 4.90 Å². The van der Waals surface area contributed by atoms with Crippen molar-refractivity contribution in [2.75, 3.05) is 49.9 Å². The number of carbonyl (C=O) groups excluding carboxylic acids is 3. The molecule has 1 atom stereocenters. The Morgan fingerprint density at radius 2 is 1.47 bits per heavy atom. The zero-order chi connectivity index (χ0) is 32.1. The van der Waals surface area contributed by atoms with E-state index in [1.54, 1.807) is 18.2 Å². The summed E-state index contributed by atoms with van der Waals surface area (Å²) in [5, 5.41) is 9.90. The number of carbonyl (C=O) groups is 3. The first-order valence-electron chi connectivity index (χ1n) is 14.7. The van der Waals surface area contributed by atoms with Crippen molar-refractivity contribution in [3.63, 3.8) is 0 Å². The average molecular weight is 611 g/mol. The molecular weight excluding hydrogens is 572 g/mol. The smallest absolute Gasteiger partial charge is 0.411 e. The van der Waals surface area contributed by atoms with Crippen LogP contribution in [0.25, 0.3) is 10.8 Å². The first-order valence-corrected chi connectivity index (χ1v) is 14.7. The number of rotatable bonds is 6. The van der Waals surface area contributed by atoms with Gasteiger partial charge in [-0.05, 0) is 46.2 Å². The molecule has 4 aromatic carbocycles. The number of anilines is 3. The molecule has 1 aliphatic rings. The summed E-state index contributed by atoms with van der Waals surface area (Å²) < 4.78 is 16.3. The number of amides is 4. The molecule has 0 aromatic heterocycles. The molecule has 4 aromatic rings. The number of ether oxygens (including phenoxy) is 3. The van der Waals surface area contributed by atoms with Crippen LogP contribution in [-0.4, -0.2) is 56.8 Å². The molecule has 5 rings (SSSR count). The largest absolute Gasteiger partial charge is 0.492 e. The lowest BCUT2D eigenvalue weighted by Crippen LogP contribution is -2.42. The van der Waals surface area contributed by atoms with Gasteiger partial charge >= 0.3 is 12.1 Å². The van der Waals surface area contributed by atoms with Crippen molar-refractivity contribution >= 4 is 45.9 Å². The van der Waals surface area contributed by atoms with Crippen molar-refractivity contribution in [3.8, 4) is 5.75 Å². The van der Waals surface area contributed by atoms with Gasteiger partial charge in [-0.1, -0.05) is 75.4 Å². The highest BCUT2D eigenvalue weighted by molar-refractivity contribution is 6.13. The fourth-order valence-corrected chi connectivity index (χ4v) is 5.37. The molecule has 45 heavy (non-hydrogen) atoms. The second-order valence-corrected chi connectivity index (χ2v) is 11.8. The van der Waals surface area contributed by atoms with Crippen LogP contribution in [0.3, 0.4) is 0 Å². The van der Waals surface area contributed by atoms with Gasteiger partial charge < -0.3 is 29.7 Å². The lowest BCUT2D eigenvalue weighted by Gasteiger charge is -2.33. The Balaban J connectivity index is 1.40. The van der Waals surface area contributed by atoms with Crippen molar-refractivity contribution in [1.29, 1.82) is 0 Å². The van der Waals surface area contributed by atoms with Crippen LogP contribution in [0.5, 0.6) is 5.75 Å². The number of morpholine rings is 1. The van der Waals surface area contributed by atoms with Crippen molar-refractivity contribution in [2.24, 2.45) is 0 Å². The second kappa shape index (κ2) is 13.3. The van der Waals surface area contributed by atoms with Gasteiger partial charge in [-0.15, -0.1) is 0 Å². The van der Waals surface area contributed by atoms with E-state index in [2.05, 4.69) is 16.0 Å². The minimum Gasteiger partial charge on any atom is -0.492 e. The van der Waals surface area contributed by atoms with Crippen molar-refractivity contribution in [2.45, 2.75) is 32.3 Å². The number of nitrogens with zero attached hydrogens (tertiary/aromatic N) is 1. The molecule has 10 nitrogen and oxygen atoms in total. The Labute approximate surface area is 262 Å². The lowest BCUT2D eigenvalue weighted by molar-refractivity contribution is -0.0227. The first kappa shape index (κ1) is 31.3. The van der Waals surface area contributed by atoms with Crippen LogP contribution in [0.1, 0.15) is 48.4 Å². The molecule has 4 amide bonds. The standard InChI is InChI=1S/C35H38N4O6/c1-35(2,3)23-19-28(31(43-4)29(20-23)38-34(42)44-5)37-33(41)36-27-16-15-26(24-13-9-10-14-25(24)27)32(40)39-17-18-45-30(21-39)22-11-7-6-8-12-22/h6-16,19-20,30H,17-18,21H2,1-5H3,(H,38,42)(H2,36,37,41). The van der Waals surface area contributed by atoms with Crippen LogP contribution >= 0.6 is 0 Å². The zero-order valence-corrected chi connectivity index (χ0v) is 26.1. The summed E-state index contributed by atoms with van der Waals surface area (Å²) in [6, 6.07) is 23.9. The molecular formula is C35H38N4O6. The third-order valence-corrected chi connectivity index (χ3v) is 7.76. The number of benzene rings is 4. The number of nitrogens with one attached hydrogen (secondary N) is 3. The lowest BCUT2D eigenvalue weighted by atomic mass is 9.86. The minimum atomic E-state index is -0.663. The summed E-state index contributed by atoms with van der Waals surface area (Å²) in [5.74, 6) is 0.175. The van der Waals surface area contributed by atoms with E-state index in [9.17, 15) is 14.4 Å². The van der Waals surface area contributed by atoms with E-state index in [0.29, 0.717) is 42.3 Å². The maximum absolute atomic E-state index is 13.8. The maximum Gasteiger partial charge on any atom is 0.411 e. The molecule has 1 aliphatic heterocycles. The van der Waals surface area contributed by atoms with E-state index >= 15 is 0 Å². The number of hydrogen-bond donors (Lipinski definition) is 3. The van der Waals surface area contributed by atoms with E-state index in [1.165, 1.54) is 14.2 Å². The number of fused-ring (bicyclic) bond motifs is 1. The highest BCUT2D eigenvalue weighted by atomic mass is 16.5. The predicted octanol–water partition coefficient (Wildman–Crippen LogP) is 7.18. The third kappa shape index (κ3) is 7.02. The molecule has 1 fully saturated rings. The topological polar surface area (TPSA) is 118 Å². The van der Waals surface area contributed by atoms with Crippen molar-refractivity contribution < 1.29 is 28.6 Å². The summed E-state index contributed by atoms with van der Waals surface area (Å²) in [6.07, 6.45) is -0.861. The fraction of sp³-hybridized carbons (Fsp3) is 0.286. The van der Waals surface area contributed by atoms with E-state index < -0.39 is 12.1 Å². The fourth-order valence-electron chi connectivity index (χ4n) is 5.37. The summed E-state index contributed by atoms with van der Waals surface area (Å²) in [4.78, 5) is 41.1. The second-order valence-electron chi connectivity index (χ2n) is 11.8. The van der Waals surface area contributed by atoms with E-state index in [1.807, 2.05) is 86.3 Å². The molecule has 0 spiro atoms. The summed E-state index contributed by atoms with van der Waals surface area (Å²) in [7, 11) is 2.73. The van der Waals surface area contributed by atoms with Crippen LogP contribution in [0.4, 0.5) is 26.7 Å². The average Bonchev–Trinajstić information content (AvgIpc) is 3.04. The Hall–Kier alpha value is -5.09. The molecule has 3 N–H and O–H groups in total. The summed E-state index contributed by atoms with van der Waals surface area (Å²) in [6.45, 7) is 7.44. The van der Waals surface area contributed by atoms with E-state index in [4.69, 9.17) is 14.2 Å². The Morgan fingerprint density at radius 3 is 2.13 bits per heavy atom. The van der Waals surface area contributed by atoms with Gasteiger partial charge in [0.05, 0.1) is 44.4 Å². The number of urea groups is 1. The SMILES string of the molecule is COC(=O)Nc1cc(C(C)(C)C)cc(NC(=O)Nc2ccc(C(=O)N3CCOC(c4ccccc4)C3)c3ccccc23)c1OC. The van der Waals surface area contributed by atoms with Gasteiger partial charge in [-0.2, -0.15) is 0 Å². The van der Waals surface area contributed by atoms with Gasteiger partial charge in [0.15, 0.2) is 5.75 Å². The quantitative estimate of drug-likeness (QED) is 0.213. The van der Waals surface area contributed by atoms with Gasteiger partial charge in [0, 0.05) is 17.5 Å². The Kier molecular flexibility index (Phi) is 9.24. The first-order chi connectivity index (χ1) is 21.6. The predicted molar refractivity (Wildman–Crippen MR) is 175 cm³/mol. The molecule has 0 saturated carbocycles. The van der Waals surface area contributed by atoms with E-state index in [0.717, 1.165) is 21.9 Å². The van der Waals surface area contributed by atoms with Gasteiger partial charge in [-0.25, -0.2) is 9.59 Å². The number of methoxy groups -OCH3 is 2.